The molecule has 2 aromatic carbocycles. The summed E-state index contributed by atoms with van der Waals surface area (Å²) < 4.78 is 0.931. The number of hydrogen-bond acceptors (Lipinski definition) is 4. The molecule has 0 unspecified atom stereocenters. The predicted octanol–water partition coefficient (Wildman–Crippen LogP) is 3.16. The first-order valence-electron chi connectivity index (χ1n) is 6.70. The van der Waals surface area contributed by atoms with Gasteiger partial charge in [-0.1, -0.05) is 28.1 Å². The van der Waals surface area contributed by atoms with Crippen molar-refractivity contribution in [3.63, 3.8) is 0 Å². The van der Waals surface area contributed by atoms with Crippen LogP contribution in [0, 0.1) is 10.1 Å². The second-order valence-electron chi connectivity index (χ2n) is 4.86. The van der Waals surface area contributed by atoms with E-state index < -0.39 is 4.92 Å². The number of nitrogens with one attached hydrogen (secondary N) is 2. The second kappa shape index (κ2) is 6.17. The highest BCUT2D eigenvalue weighted by Gasteiger charge is 2.14. The lowest BCUT2D eigenvalue weighted by molar-refractivity contribution is -0.384. The molecule has 1 heterocycles. The average Bonchev–Trinajstić information content (AvgIpc) is 2.95. The number of aromatic nitrogens is 2. The van der Waals surface area contributed by atoms with Gasteiger partial charge in [0.2, 0.25) is 0 Å². The minimum atomic E-state index is -0.499. The first-order valence-corrected chi connectivity index (χ1v) is 7.49. The molecule has 3 rings (SSSR count). The van der Waals surface area contributed by atoms with Crippen molar-refractivity contribution in [1.29, 1.82) is 0 Å². The molecule has 7 nitrogen and oxygen atoms in total. The molecule has 8 heteroatoms. The predicted molar refractivity (Wildman–Crippen MR) is 88.1 cm³/mol. The number of nitro groups is 1. The Morgan fingerprint density at radius 3 is 2.87 bits per heavy atom. The van der Waals surface area contributed by atoms with Crippen LogP contribution in [0.2, 0.25) is 0 Å². The van der Waals surface area contributed by atoms with Gasteiger partial charge in [-0.05, 0) is 23.8 Å². The Labute approximate surface area is 139 Å². The van der Waals surface area contributed by atoms with E-state index in [0.29, 0.717) is 17.6 Å². The van der Waals surface area contributed by atoms with Crippen LogP contribution in [0.15, 0.2) is 46.9 Å². The number of rotatable bonds is 4. The van der Waals surface area contributed by atoms with Crippen molar-refractivity contribution in [2.24, 2.45) is 0 Å². The normalized spacial score (nSPS) is 10.7. The third-order valence-electron chi connectivity index (χ3n) is 3.23. The lowest BCUT2D eigenvalue weighted by atomic mass is 10.2. The van der Waals surface area contributed by atoms with Crippen molar-refractivity contribution in [3.05, 3.63) is 68.4 Å². The molecule has 0 bridgehead atoms. The number of amides is 1. The molecule has 116 valence electrons. The van der Waals surface area contributed by atoms with Gasteiger partial charge in [-0.25, -0.2) is 4.98 Å². The third kappa shape index (κ3) is 3.37. The maximum Gasteiger partial charge on any atom is 0.287 e. The summed E-state index contributed by atoms with van der Waals surface area (Å²) in [5.41, 5.74) is 1.83. The number of carbonyl (C=O) groups is 1. The first-order chi connectivity index (χ1) is 11.0. The molecule has 0 saturated carbocycles. The Kier molecular flexibility index (Phi) is 4.07. The molecule has 0 aliphatic heterocycles. The molecule has 0 fully saturated rings. The number of benzene rings is 2. The lowest BCUT2D eigenvalue weighted by Gasteiger charge is -2.03. The largest absolute Gasteiger partial charge is 0.345 e. The molecule has 0 aliphatic rings. The summed E-state index contributed by atoms with van der Waals surface area (Å²) in [6, 6.07) is 11.8. The molecule has 0 atom stereocenters. The van der Waals surface area contributed by atoms with Crippen molar-refractivity contribution in [2.75, 3.05) is 0 Å². The van der Waals surface area contributed by atoms with Crippen molar-refractivity contribution in [2.45, 2.75) is 6.54 Å². The van der Waals surface area contributed by atoms with Gasteiger partial charge in [0.15, 0.2) is 5.82 Å². The van der Waals surface area contributed by atoms with Crippen LogP contribution in [0.3, 0.4) is 0 Å². The van der Waals surface area contributed by atoms with E-state index in [1.54, 1.807) is 0 Å². The summed E-state index contributed by atoms with van der Waals surface area (Å²) in [6.45, 7) is 0.357. The molecule has 1 aromatic heterocycles. The summed E-state index contributed by atoms with van der Waals surface area (Å²) in [7, 11) is 0. The molecule has 1 amide bonds. The van der Waals surface area contributed by atoms with E-state index in [4.69, 9.17) is 0 Å². The monoisotopic (exact) mass is 374 g/mol. The maximum atomic E-state index is 12.1. The summed E-state index contributed by atoms with van der Waals surface area (Å²) in [5, 5.41) is 13.5. The number of nitro benzene ring substituents is 1. The molecule has 0 aliphatic carbocycles. The first kappa shape index (κ1) is 15.2. The van der Waals surface area contributed by atoms with E-state index >= 15 is 0 Å². The molecular weight excluding hydrogens is 364 g/mol. The number of nitrogens with zero attached hydrogens (tertiary/aromatic N) is 2. The standard InChI is InChI=1S/C15H11BrN4O3/c16-10-3-1-2-9(6-10)8-17-15(21)14-18-12-5-4-11(20(22)23)7-13(12)19-14/h1-7H,8H2,(H,17,21)(H,18,19). The van der Waals surface area contributed by atoms with Crippen LogP contribution in [0.5, 0.6) is 0 Å². The Morgan fingerprint density at radius 1 is 1.30 bits per heavy atom. The highest BCUT2D eigenvalue weighted by atomic mass is 79.9. The highest BCUT2D eigenvalue weighted by molar-refractivity contribution is 9.10. The molecule has 2 N–H and O–H groups in total. The van der Waals surface area contributed by atoms with Gasteiger partial charge in [0.05, 0.1) is 16.0 Å². The number of fused-ring (bicyclic) bond motifs is 1. The number of hydrogen-bond donors (Lipinski definition) is 2. The van der Waals surface area contributed by atoms with Gasteiger partial charge in [0.1, 0.15) is 0 Å². The topological polar surface area (TPSA) is 101 Å². The van der Waals surface area contributed by atoms with Crippen LogP contribution in [0.1, 0.15) is 16.2 Å². The minimum Gasteiger partial charge on any atom is -0.345 e. The number of imidazole rings is 1. The molecule has 0 saturated heterocycles. The van der Waals surface area contributed by atoms with Crippen LogP contribution in [0.4, 0.5) is 5.69 Å². The second-order valence-corrected chi connectivity index (χ2v) is 5.77. The van der Waals surface area contributed by atoms with Gasteiger partial charge in [-0.2, -0.15) is 0 Å². The quantitative estimate of drug-likeness (QED) is 0.540. The number of carbonyl (C=O) groups excluding carboxylic acids is 1. The number of aromatic amines is 1. The third-order valence-corrected chi connectivity index (χ3v) is 3.73. The molecule has 0 spiro atoms. The van der Waals surface area contributed by atoms with E-state index in [0.717, 1.165) is 10.0 Å². The van der Waals surface area contributed by atoms with Gasteiger partial charge in [-0.3, -0.25) is 14.9 Å². The van der Waals surface area contributed by atoms with Crippen molar-refractivity contribution in [3.8, 4) is 0 Å². The smallest absolute Gasteiger partial charge is 0.287 e. The minimum absolute atomic E-state index is 0.0647. The van der Waals surface area contributed by atoms with E-state index in [1.807, 2.05) is 24.3 Å². The van der Waals surface area contributed by atoms with Gasteiger partial charge < -0.3 is 10.3 Å². The van der Waals surface area contributed by atoms with Crippen LogP contribution in [-0.2, 0) is 6.54 Å². The molecule has 23 heavy (non-hydrogen) atoms. The van der Waals surface area contributed by atoms with Crippen molar-refractivity contribution >= 4 is 38.6 Å². The van der Waals surface area contributed by atoms with Gasteiger partial charge in [0, 0.05) is 23.2 Å². The Balaban J connectivity index is 1.77. The summed E-state index contributed by atoms with van der Waals surface area (Å²) >= 11 is 3.37. The van der Waals surface area contributed by atoms with Crippen LogP contribution in [0.25, 0.3) is 11.0 Å². The maximum absolute atomic E-state index is 12.1. The van der Waals surface area contributed by atoms with Crippen LogP contribution < -0.4 is 5.32 Å². The molecular formula is C15H11BrN4O3. The lowest BCUT2D eigenvalue weighted by Crippen LogP contribution is -2.23. The van der Waals surface area contributed by atoms with Gasteiger partial charge in [-0.15, -0.1) is 0 Å². The highest BCUT2D eigenvalue weighted by Crippen LogP contribution is 2.19. The number of H-pyrrole nitrogens is 1. The van der Waals surface area contributed by atoms with Crippen molar-refractivity contribution in [1.82, 2.24) is 15.3 Å². The molecule has 0 radical (unpaired) electrons. The van der Waals surface area contributed by atoms with Gasteiger partial charge >= 0.3 is 0 Å². The fourth-order valence-electron chi connectivity index (χ4n) is 2.13. The SMILES string of the molecule is O=C(NCc1cccc(Br)c1)c1nc2cc([N+](=O)[O-])ccc2[nH]1. The van der Waals surface area contributed by atoms with Crippen LogP contribution in [-0.4, -0.2) is 20.8 Å². The summed E-state index contributed by atoms with van der Waals surface area (Å²) in [5.74, 6) is -0.251. The zero-order valence-corrected chi connectivity index (χ0v) is 13.3. The zero-order chi connectivity index (χ0) is 16.4. The van der Waals surface area contributed by atoms with E-state index in [1.165, 1.54) is 18.2 Å². The zero-order valence-electron chi connectivity index (χ0n) is 11.7. The van der Waals surface area contributed by atoms with Crippen LogP contribution >= 0.6 is 15.9 Å². The van der Waals surface area contributed by atoms with E-state index in [2.05, 4.69) is 31.2 Å². The van der Waals surface area contributed by atoms with E-state index in [9.17, 15) is 14.9 Å². The summed E-state index contributed by atoms with van der Waals surface area (Å²) in [4.78, 5) is 29.4. The van der Waals surface area contributed by atoms with Crippen molar-refractivity contribution < 1.29 is 9.72 Å². The molecule has 3 aromatic rings. The van der Waals surface area contributed by atoms with Gasteiger partial charge in [0.25, 0.3) is 11.6 Å². The Bertz CT molecular complexity index is 907. The summed E-state index contributed by atoms with van der Waals surface area (Å²) in [6.07, 6.45) is 0. The fourth-order valence-corrected chi connectivity index (χ4v) is 2.57. The number of non-ortho nitro benzene ring substituents is 1. The fraction of sp³-hybridized carbons (Fsp3) is 0.0667. The average molecular weight is 375 g/mol. The Morgan fingerprint density at radius 2 is 2.13 bits per heavy atom. The number of halogens is 1. The Hall–Kier alpha value is -2.74. The van der Waals surface area contributed by atoms with E-state index in [-0.39, 0.29) is 17.4 Å².